The number of carbonyl (C=O) groups is 1. The van der Waals surface area contributed by atoms with Crippen LogP contribution in [0.5, 0.6) is 0 Å². The van der Waals surface area contributed by atoms with Crippen LogP contribution < -0.4 is 10.2 Å². The molecule has 6 nitrogen and oxygen atoms in total. The molecule has 152 valence electrons. The van der Waals surface area contributed by atoms with Crippen molar-refractivity contribution in [1.29, 1.82) is 0 Å². The summed E-state index contributed by atoms with van der Waals surface area (Å²) in [5, 5.41) is 13.6. The van der Waals surface area contributed by atoms with E-state index in [0.717, 1.165) is 42.5 Å². The first kappa shape index (κ1) is 19.6. The van der Waals surface area contributed by atoms with Crippen LogP contribution >= 0.6 is 11.3 Å². The van der Waals surface area contributed by atoms with Crippen LogP contribution in [-0.4, -0.2) is 39.8 Å². The summed E-state index contributed by atoms with van der Waals surface area (Å²) in [6.45, 7) is 3.72. The van der Waals surface area contributed by atoms with E-state index >= 15 is 0 Å². The van der Waals surface area contributed by atoms with E-state index < -0.39 is 0 Å². The Morgan fingerprint density at radius 1 is 1.17 bits per heavy atom. The van der Waals surface area contributed by atoms with Crippen LogP contribution in [0.25, 0.3) is 5.13 Å². The number of amides is 1. The van der Waals surface area contributed by atoms with Crippen molar-refractivity contribution in [2.45, 2.75) is 38.6 Å². The molecule has 1 aliphatic rings. The molecule has 0 unspecified atom stereocenters. The highest BCUT2D eigenvalue weighted by Gasteiger charge is 2.28. The third kappa shape index (κ3) is 5.03. The van der Waals surface area contributed by atoms with Crippen LogP contribution in [0.2, 0.25) is 0 Å². The fourth-order valence-electron chi connectivity index (χ4n) is 3.73. The number of piperidine rings is 1. The lowest BCUT2D eigenvalue weighted by atomic mass is 9.96. The van der Waals surface area contributed by atoms with Crippen molar-refractivity contribution < 1.29 is 4.79 Å². The number of benzene rings is 1. The molecule has 1 aromatic carbocycles. The van der Waals surface area contributed by atoms with Gasteiger partial charge in [0.25, 0.3) is 0 Å². The van der Waals surface area contributed by atoms with Crippen LogP contribution in [0.4, 0.5) is 5.13 Å². The molecule has 0 radical (unpaired) electrons. The summed E-state index contributed by atoms with van der Waals surface area (Å²) in [5.41, 5.74) is 1.31. The van der Waals surface area contributed by atoms with E-state index in [1.807, 2.05) is 35.2 Å². The maximum Gasteiger partial charge on any atom is 0.225 e. The molecule has 7 heteroatoms. The van der Waals surface area contributed by atoms with Crippen molar-refractivity contribution in [2.75, 3.05) is 18.0 Å². The third-order valence-electron chi connectivity index (χ3n) is 5.39. The van der Waals surface area contributed by atoms with Crippen LogP contribution in [0.3, 0.4) is 0 Å². The molecule has 1 amide bonds. The Kier molecular flexibility index (Phi) is 6.24. The van der Waals surface area contributed by atoms with E-state index in [0.29, 0.717) is 6.54 Å². The monoisotopic (exact) mass is 409 g/mol. The van der Waals surface area contributed by atoms with Gasteiger partial charge in [0.05, 0.1) is 5.92 Å². The Balaban J connectivity index is 1.30. The topological polar surface area (TPSA) is 63.1 Å². The van der Waals surface area contributed by atoms with Crippen LogP contribution in [0.1, 0.15) is 31.7 Å². The Labute approximate surface area is 175 Å². The molecule has 4 rings (SSSR count). The molecule has 2 atom stereocenters. The van der Waals surface area contributed by atoms with Crippen molar-refractivity contribution in [1.82, 2.24) is 20.1 Å². The molecule has 0 saturated carbocycles. The first-order chi connectivity index (χ1) is 14.2. The molecule has 0 aliphatic carbocycles. The molecule has 0 bridgehead atoms. The van der Waals surface area contributed by atoms with Gasteiger partial charge >= 0.3 is 0 Å². The Morgan fingerprint density at radius 3 is 2.72 bits per heavy atom. The van der Waals surface area contributed by atoms with Gasteiger partial charge in [0.15, 0.2) is 0 Å². The molecular formula is C22H27N5OS. The quantitative estimate of drug-likeness (QED) is 0.647. The lowest BCUT2D eigenvalue weighted by Crippen LogP contribution is -2.45. The Hall–Kier alpha value is -2.67. The molecular weight excluding hydrogens is 382 g/mol. The molecule has 0 spiro atoms. The molecule has 3 aromatic rings. The minimum Gasteiger partial charge on any atom is -0.353 e. The van der Waals surface area contributed by atoms with E-state index in [1.165, 1.54) is 5.56 Å². The summed E-state index contributed by atoms with van der Waals surface area (Å²) >= 11 is 1.57. The van der Waals surface area contributed by atoms with Gasteiger partial charge in [-0.05, 0) is 50.3 Å². The summed E-state index contributed by atoms with van der Waals surface area (Å²) in [6, 6.07) is 14.5. The zero-order valence-electron chi connectivity index (χ0n) is 16.7. The van der Waals surface area contributed by atoms with Gasteiger partial charge in [-0.1, -0.05) is 41.7 Å². The SMILES string of the molecule is C[C@H](CCc1ccccc1)NC(=O)[C@@H]1CCCN(c2nnc(-n3cccc3)s2)C1. The minimum absolute atomic E-state index is 0.00172. The van der Waals surface area contributed by atoms with Crippen LogP contribution in [-0.2, 0) is 11.2 Å². The lowest BCUT2D eigenvalue weighted by molar-refractivity contribution is -0.125. The highest BCUT2D eigenvalue weighted by atomic mass is 32.1. The van der Waals surface area contributed by atoms with Crippen molar-refractivity contribution in [2.24, 2.45) is 5.92 Å². The van der Waals surface area contributed by atoms with E-state index in [4.69, 9.17) is 0 Å². The maximum atomic E-state index is 12.8. The number of nitrogens with one attached hydrogen (secondary N) is 1. The second kappa shape index (κ2) is 9.22. The normalized spacial score (nSPS) is 17.8. The summed E-state index contributed by atoms with van der Waals surface area (Å²) in [6.07, 6.45) is 7.78. The maximum absolute atomic E-state index is 12.8. The predicted octanol–water partition coefficient (Wildman–Crippen LogP) is 3.68. The van der Waals surface area contributed by atoms with Crippen LogP contribution in [0, 0.1) is 5.92 Å². The van der Waals surface area contributed by atoms with Gasteiger partial charge in [0, 0.05) is 31.5 Å². The molecule has 1 aliphatic heterocycles. The average Bonchev–Trinajstić information content (AvgIpc) is 3.45. The molecule has 3 heterocycles. The highest BCUT2D eigenvalue weighted by Crippen LogP contribution is 2.28. The summed E-state index contributed by atoms with van der Waals surface area (Å²) in [5.74, 6) is 0.160. The second-order valence-electron chi connectivity index (χ2n) is 7.68. The first-order valence-corrected chi connectivity index (χ1v) is 11.1. The standard InChI is InChI=1S/C22H27N5OS/c1-17(11-12-18-8-3-2-4-9-18)23-20(28)19-10-7-15-27(16-19)22-25-24-21(29-22)26-13-5-6-14-26/h2-6,8-9,13-14,17,19H,7,10-12,15-16H2,1H3,(H,23,28)/t17-,19-/m1/s1. The number of aryl methyl sites for hydroxylation is 1. The fourth-order valence-corrected chi connectivity index (χ4v) is 4.58. The van der Waals surface area contributed by atoms with Crippen molar-refractivity contribution >= 4 is 22.4 Å². The Morgan fingerprint density at radius 2 is 1.93 bits per heavy atom. The van der Waals surface area contributed by atoms with Gasteiger partial charge in [-0.2, -0.15) is 0 Å². The van der Waals surface area contributed by atoms with Crippen molar-refractivity contribution in [3.05, 3.63) is 60.4 Å². The molecule has 1 fully saturated rings. The minimum atomic E-state index is 0.00172. The second-order valence-corrected chi connectivity index (χ2v) is 8.61. The van der Waals surface area contributed by atoms with Crippen molar-refractivity contribution in [3.63, 3.8) is 0 Å². The molecule has 1 saturated heterocycles. The Bertz CT molecular complexity index is 908. The molecule has 29 heavy (non-hydrogen) atoms. The highest BCUT2D eigenvalue weighted by molar-refractivity contribution is 7.17. The number of carbonyl (C=O) groups excluding carboxylic acids is 1. The number of hydrogen-bond acceptors (Lipinski definition) is 5. The number of rotatable bonds is 7. The summed E-state index contributed by atoms with van der Waals surface area (Å²) in [4.78, 5) is 15.0. The predicted molar refractivity (Wildman–Crippen MR) is 117 cm³/mol. The average molecular weight is 410 g/mol. The molecule has 1 N–H and O–H groups in total. The fraction of sp³-hybridized carbons (Fsp3) is 0.409. The van der Waals surface area contributed by atoms with Gasteiger partial charge < -0.3 is 10.2 Å². The first-order valence-electron chi connectivity index (χ1n) is 10.2. The zero-order valence-corrected chi connectivity index (χ0v) is 17.5. The summed E-state index contributed by atoms with van der Waals surface area (Å²) < 4.78 is 1.96. The van der Waals surface area contributed by atoms with Gasteiger partial charge in [0.1, 0.15) is 0 Å². The van der Waals surface area contributed by atoms with E-state index in [2.05, 4.69) is 51.6 Å². The zero-order chi connectivity index (χ0) is 20.1. The third-order valence-corrected chi connectivity index (χ3v) is 6.39. The van der Waals surface area contributed by atoms with E-state index in [-0.39, 0.29) is 17.9 Å². The number of nitrogens with zero attached hydrogens (tertiary/aromatic N) is 4. The van der Waals surface area contributed by atoms with Gasteiger partial charge in [-0.15, -0.1) is 10.2 Å². The number of hydrogen-bond donors (Lipinski definition) is 1. The van der Waals surface area contributed by atoms with Crippen LogP contribution in [0.15, 0.2) is 54.9 Å². The lowest BCUT2D eigenvalue weighted by Gasteiger charge is -2.32. The largest absolute Gasteiger partial charge is 0.353 e. The van der Waals surface area contributed by atoms with Gasteiger partial charge in [-0.25, -0.2) is 0 Å². The van der Waals surface area contributed by atoms with E-state index in [9.17, 15) is 4.79 Å². The number of aromatic nitrogens is 3. The van der Waals surface area contributed by atoms with E-state index in [1.54, 1.807) is 11.3 Å². The van der Waals surface area contributed by atoms with Gasteiger partial charge in [-0.3, -0.25) is 9.36 Å². The smallest absolute Gasteiger partial charge is 0.225 e. The van der Waals surface area contributed by atoms with Crippen molar-refractivity contribution in [3.8, 4) is 5.13 Å². The number of anilines is 1. The molecule has 2 aromatic heterocycles. The van der Waals surface area contributed by atoms with Gasteiger partial charge in [0.2, 0.25) is 16.2 Å². The summed E-state index contributed by atoms with van der Waals surface area (Å²) in [7, 11) is 0.